The maximum atomic E-state index is 11.5. The Balaban J connectivity index is 2.34. The van der Waals surface area contributed by atoms with Gasteiger partial charge in [-0.05, 0) is 13.0 Å². The quantitative estimate of drug-likeness (QED) is 0.751. The SMILES string of the molecule is CCn1nccc1C1C(N)CC(=O)N1C. The van der Waals surface area contributed by atoms with Gasteiger partial charge in [0.15, 0.2) is 0 Å². The van der Waals surface area contributed by atoms with Gasteiger partial charge in [-0.3, -0.25) is 9.48 Å². The summed E-state index contributed by atoms with van der Waals surface area (Å²) in [6.07, 6.45) is 2.18. The van der Waals surface area contributed by atoms with Crippen LogP contribution in [0.25, 0.3) is 0 Å². The molecule has 0 spiro atoms. The minimum Gasteiger partial charge on any atom is -0.336 e. The maximum absolute atomic E-state index is 11.5. The highest BCUT2D eigenvalue weighted by atomic mass is 16.2. The van der Waals surface area contributed by atoms with Crippen molar-refractivity contribution in [2.24, 2.45) is 5.73 Å². The molecule has 2 heterocycles. The minimum absolute atomic E-state index is 0.0278. The summed E-state index contributed by atoms with van der Waals surface area (Å²) in [6, 6.07) is 1.78. The van der Waals surface area contributed by atoms with E-state index < -0.39 is 0 Å². The van der Waals surface area contributed by atoms with E-state index in [1.807, 2.05) is 17.7 Å². The first kappa shape index (κ1) is 10.2. The fourth-order valence-electron chi connectivity index (χ4n) is 2.18. The number of likely N-dealkylation sites (N-methyl/N-ethyl adjacent to an activating group) is 1. The zero-order valence-electron chi connectivity index (χ0n) is 9.05. The molecule has 0 bridgehead atoms. The van der Waals surface area contributed by atoms with Gasteiger partial charge in [0, 0.05) is 32.3 Å². The fourth-order valence-corrected chi connectivity index (χ4v) is 2.18. The first-order valence-electron chi connectivity index (χ1n) is 5.18. The van der Waals surface area contributed by atoms with Gasteiger partial charge in [-0.25, -0.2) is 0 Å². The van der Waals surface area contributed by atoms with Crippen molar-refractivity contribution >= 4 is 5.91 Å². The molecule has 0 aliphatic carbocycles. The van der Waals surface area contributed by atoms with E-state index in [1.165, 1.54) is 0 Å². The van der Waals surface area contributed by atoms with Crippen molar-refractivity contribution in [1.29, 1.82) is 0 Å². The van der Waals surface area contributed by atoms with Gasteiger partial charge in [0.1, 0.15) is 0 Å². The number of hydrogen-bond donors (Lipinski definition) is 1. The van der Waals surface area contributed by atoms with Crippen molar-refractivity contribution in [3.05, 3.63) is 18.0 Å². The second kappa shape index (κ2) is 3.66. The van der Waals surface area contributed by atoms with Crippen LogP contribution < -0.4 is 5.73 Å². The molecular weight excluding hydrogens is 192 g/mol. The van der Waals surface area contributed by atoms with Crippen LogP contribution in [0.1, 0.15) is 25.1 Å². The van der Waals surface area contributed by atoms with Crippen LogP contribution in [-0.4, -0.2) is 33.7 Å². The molecule has 5 nitrogen and oxygen atoms in total. The van der Waals surface area contributed by atoms with E-state index >= 15 is 0 Å². The number of amides is 1. The summed E-state index contributed by atoms with van der Waals surface area (Å²) in [6.45, 7) is 2.83. The molecule has 1 saturated heterocycles. The van der Waals surface area contributed by atoms with E-state index in [0.29, 0.717) is 6.42 Å². The van der Waals surface area contributed by atoms with Gasteiger partial charge >= 0.3 is 0 Å². The minimum atomic E-state index is -0.121. The van der Waals surface area contributed by atoms with E-state index in [0.717, 1.165) is 12.2 Å². The van der Waals surface area contributed by atoms with Crippen molar-refractivity contribution in [2.45, 2.75) is 32.0 Å². The maximum Gasteiger partial charge on any atom is 0.224 e. The molecule has 82 valence electrons. The fraction of sp³-hybridized carbons (Fsp3) is 0.600. The van der Waals surface area contributed by atoms with Crippen LogP contribution in [0.4, 0.5) is 0 Å². The van der Waals surface area contributed by atoms with Crippen LogP contribution in [0.3, 0.4) is 0 Å². The van der Waals surface area contributed by atoms with Crippen LogP contribution in [0, 0.1) is 0 Å². The van der Waals surface area contributed by atoms with E-state index in [2.05, 4.69) is 5.10 Å². The molecule has 2 unspecified atom stereocenters. The van der Waals surface area contributed by atoms with E-state index in [4.69, 9.17) is 5.73 Å². The number of nitrogens with two attached hydrogens (primary N) is 1. The highest BCUT2D eigenvalue weighted by Crippen LogP contribution is 2.30. The Bertz CT molecular complexity index is 373. The smallest absolute Gasteiger partial charge is 0.224 e. The first-order chi connectivity index (χ1) is 7.15. The van der Waals surface area contributed by atoms with Crippen molar-refractivity contribution in [3.8, 4) is 0 Å². The topological polar surface area (TPSA) is 64.2 Å². The zero-order chi connectivity index (χ0) is 11.0. The largest absolute Gasteiger partial charge is 0.336 e. The lowest BCUT2D eigenvalue weighted by Gasteiger charge is -2.23. The van der Waals surface area contributed by atoms with Gasteiger partial charge in [-0.2, -0.15) is 5.10 Å². The van der Waals surface area contributed by atoms with Crippen LogP contribution in [-0.2, 0) is 11.3 Å². The summed E-state index contributed by atoms with van der Waals surface area (Å²) in [5, 5.41) is 4.20. The van der Waals surface area contributed by atoms with Gasteiger partial charge in [0.05, 0.1) is 11.7 Å². The van der Waals surface area contributed by atoms with E-state index in [9.17, 15) is 4.79 Å². The van der Waals surface area contributed by atoms with Crippen LogP contribution in [0.5, 0.6) is 0 Å². The summed E-state index contributed by atoms with van der Waals surface area (Å²) in [7, 11) is 1.80. The first-order valence-corrected chi connectivity index (χ1v) is 5.18. The molecule has 0 saturated carbocycles. The number of rotatable bonds is 2. The monoisotopic (exact) mass is 208 g/mol. The number of carbonyl (C=O) groups excluding carboxylic acids is 1. The number of aryl methyl sites for hydroxylation is 1. The summed E-state index contributed by atoms with van der Waals surface area (Å²) >= 11 is 0. The van der Waals surface area contributed by atoms with Crippen molar-refractivity contribution in [2.75, 3.05) is 7.05 Å². The molecule has 1 amide bonds. The van der Waals surface area contributed by atoms with Gasteiger partial charge < -0.3 is 10.6 Å². The lowest BCUT2D eigenvalue weighted by atomic mass is 10.1. The number of hydrogen-bond acceptors (Lipinski definition) is 3. The predicted octanol–water partition coefficient (Wildman–Crippen LogP) is 0.133. The Labute approximate surface area is 88.8 Å². The summed E-state index contributed by atoms with van der Waals surface area (Å²) in [5.74, 6) is 0.108. The lowest BCUT2D eigenvalue weighted by molar-refractivity contribution is -0.127. The van der Waals surface area contributed by atoms with E-state index in [-0.39, 0.29) is 18.0 Å². The molecule has 15 heavy (non-hydrogen) atoms. The molecule has 1 aromatic rings. The van der Waals surface area contributed by atoms with Crippen LogP contribution >= 0.6 is 0 Å². The Kier molecular flexibility index (Phi) is 2.48. The second-order valence-corrected chi connectivity index (χ2v) is 3.89. The Morgan fingerprint density at radius 1 is 1.67 bits per heavy atom. The average molecular weight is 208 g/mol. The molecule has 2 atom stereocenters. The van der Waals surface area contributed by atoms with Gasteiger partial charge in [0.2, 0.25) is 5.91 Å². The second-order valence-electron chi connectivity index (χ2n) is 3.89. The number of likely N-dealkylation sites (tertiary alicyclic amines) is 1. The van der Waals surface area contributed by atoms with Gasteiger partial charge in [-0.15, -0.1) is 0 Å². The highest BCUT2D eigenvalue weighted by molar-refractivity contribution is 5.79. The number of nitrogens with zero attached hydrogens (tertiary/aromatic N) is 3. The van der Waals surface area contributed by atoms with Crippen LogP contribution in [0.2, 0.25) is 0 Å². The molecule has 0 radical (unpaired) electrons. The molecule has 5 heteroatoms. The summed E-state index contributed by atoms with van der Waals surface area (Å²) < 4.78 is 1.89. The van der Waals surface area contributed by atoms with Gasteiger partial charge in [-0.1, -0.05) is 0 Å². The normalized spacial score (nSPS) is 26.3. The molecule has 2 N–H and O–H groups in total. The Hall–Kier alpha value is -1.36. The predicted molar refractivity (Wildman–Crippen MR) is 56.0 cm³/mol. The third kappa shape index (κ3) is 1.52. The third-order valence-electron chi connectivity index (χ3n) is 2.98. The summed E-state index contributed by atoms with van der Waals surface area (Å²) in [5.41, 5.74) is 7.00. The standard InChI is InChI=1S/C10H16N4O/c1-3-14-8(4-5-12-14)10-7(11)6-9(15)13(10)2/h4-5,7,10H,3,6,11H2,1-2H3. The van der Waals surface area contributed by atoms with Gasteiger partial charge in [0.25, 0.3) is 0 Å². The molecule has 2 rings (SSSR count). The Morgan fingerprint density at radius 3 is 2.93 bits per heavy atom. The van der Waals surface area contributed by atoms with Crippen molar-refractivity contribution < 1.29 is 4.79 Å². The van der Waals surface area contributed by atoms with Crippen LogP contribution in [0.15, 0.2) is 12.3 Å². The van der Waals surface area contributed by atoms with Crippen molar-refractivity contribution in [3.63, 3.8) is 0 Å². The van der Waals surface area contributed by atoms with E-state index in [1.54, 1.807) is 18.1 Å². The van der Waals surface area contributed by atoms with Crippen molar-refractivity contribution in [1.82, 2.24) is 14.7 Å². The molecular formula is C10H16N4O. The highest BCUT2D eigenvalue weighted by Gasteiger charge is 2.37. The number of aromatic nitrogens is 2. The molecule has 1 aliphatic rings. The Morgan fingerprint density at radius 2 is 2.40 bits per heavy atom. The molecule has 1 aliphatic heterocycles. The molecule has 1 aromatic heterocycles. The summed E-state index contributed by atoms with van der Waals surface area (Å²) in [4.78, 5) is 13.2. The zero-order valence-corrected chi connectivity index (χ0v) is 9.05. The molecule has 0 aromatic carbocycles. The number of carbonyl (C=O) groups is 1. The lowest BCUT2D eigenvalue weighted by Crippen LogP contribution is -2.32. The average Bonchev–Trinajstić information content (AvgIpc) is 2.73. The third-order valence-corrected chi connectivity index (χ3v) is 2.98. The molecule has 1 fully saturated rings.